The Labute approximate surface area is 161 Å². The second kappa shape index (κ2) is 9.60. The summed E-state index contributed by atoms with van der Waals surface area (Å²) < 4.78 is 16.0. The summed E-state index contributed by atoms with van der Waals surface area (Å²) in [5.41, 5.74) is 0.878. The van der Waals surface area contributed by atoms with Crippen LogP contribution in [0.4, 0.5) is 0 Å². The highest BCUT2D eigenvalue weighted by atomic mass is 16.5. The Kier molecular flexibility index (Phi) is 7.47. The molecule has 2 rings (SSSR count). The van der Waals surface area contributed by atoms with E-state index in [2.05, 4.69) is 5.32 Å². The van der Waals surface area contributed by atoms with Crippen LogP contribution < -0.4 is 14.8 Å². The predicted octanol–water partition coefficient (Wildman–Crippen LogP) is 1.66. The van der Waals surface area contributed by atoms with Crippen LogP contribution in [-0.4, -0.2) is 64.3 Å². The molecule has 0 bridgehead atoms. The molecule has 2 unspecified atom stereocenters. The van der Waals surface area contributed by atoms with Gasteiger partial charge in [-0.25, -0.2) is 0 Å². The van der Waals surface area contributed by atoms with Crippen LogP contribution >= 0.6 is 0 Å². The minimum absolute atomic E-state index is 0.0501. The van der Waals surface area contributed by atoms with Gasteiger partial charge in [0.1, 0.15) is 0 Å². The van der Waals surface area contributed by atoms with Crippen LogP contribution in [0, 0.1) is 11.8 Å². The first-order valence-corrected chi connectivity index (χ1v) is 9.20. The summed E-state index contributed by atoms with van der Waals surface area (Å²) in [4.78, 5) is 27.1. The predicted molar refractivity (Wildman–Crippen MR) is 102 cm³/mol. The van der Waals surface area contributed by atoms with Crippen LogP contribution in [0.15, 0.2) is 18.2 Å². The Hall–Kier alpha value is -2.28. The van der Waals surface area contributed by atoms with Gasteiger partial charge in [-0.1, -0.05) is 26.0 Å². The summed E-state index contributed by atoms with van der Waals surface area (Å²) in [6.07, 6.45) is 0. The van der Waals surface area contributed by atoms with Gasteiger partial charge < -0.3 is 24.4 Å². The highest BCUT2D eigenvalue weighted by molar-refractivity contribution is 5.84. The topological polar surface area (TPSA) is 77.1 Å². The van der Waals surface area contributed by atoms with Crippen molar-refractivity contribution in [3.63, 3.8) is 0 Å². The smallest absolute Gasteiger partial charge is 0.225 e. The zero-order valence-corrected chi connectivity index (χ0v) is 16.8. The van der Waals surface area contributed by atoms with Crippen LogP contribution in [0.2, 0.25) is 0 Å². The molecule has 150 valence electrons. The number of nitrogens with zero attached hydrogens (tertiary/aromatic N) is 1. The average molecular weight is 378 g/mol. The van der Waals surface area contributed by atoms with Gasteiger partial charge in [0.15, 0.2) is 11.5 Å². The Balaban J connectivity index is 2.34. The number of hydrogen-bond donors (Lipinski definition) is 1. The van der Waals surface area contributed by atoms with Gasteiger partial charge in [-0.2, -0.15) is 0 Å². The van der Waals surface area contributed by atoms with Crippen molar-refractivity contribution < 1.29 is 23.8 Å². The minimum Gasteiger partial charge on any atom is -0.493 e. The lowest BCUT2D eigenvalue weighted by molar-refractivity contribution is -0.133. The van der Waals surface area contributed by atoms with Gasteiger partial charge in [-0.05, 0) is 6.07 Å². The zero-order chi connectivity index (χ0) is 20.0. The molecule has 7 heteroatoms. The van der Waals surface area contributed by atoms with E-state index in [9.17, 15) is 9.59 Å². The maximum absolute atomic E-state index is 12.8. The molecule has 1 heterocycles. The number of para-hydroxylation sites is 1. The number of amides is 2. The van der Waals surface area contributed by atoms with Crippen LogP contribution in [-0.2, 0) is 14.3 Å². The Bertz CT molecular complexity index is 662. The van der Waals surface area contributed by atoms with Crippen molar-refractivity contribution in [3.8, 4) is 11.5 Å². The number of carbonyl (C=O) groups excluding carboxylic acids is 2. The number of likely N-dealkylation sites (tertiary alicyclic amines) is 1. The highest BCUT2D eigenvalue weighted by Gasteiger charge is 2.42. The molecule has 1 aliphatic rings. The van der Waals surface area contributed by atoms with Gasteiger partial charge in [0.2, 0.25) is 11.8 Å². The van der Waals surface area contributed by atoms with Crippen molar-refractivity contribution in [2.45, 2.75) is 19.8 Å². The Morgan fingerprint density at radius 2 is 1.93 bits per heavy atom. The van der Waals surface area contributed by atoms with Crippen molar-refractivity contribution >= 4 is 11.8 Å². The lowest BCUT2D eigenvalue weighted by Gasteiger charge is -2.21. The first-order chi connectivity index (χ1) is 12.9. The average Bonchev–Trinajstić information content (AvgIpc) is 3.11. The minimum atomic E-state index is -0.356. The molecule has 0 aliphatic carbocycles. The molecule has 1 aliphatic heterocycles. The molecule has 27 heavy (non-hydrogen) atoms. The highest BCUT2D eigenvalue weighted by Crippen LogP contribution is 2.42. The summed E-state index contributed by atoms with van der Waals surface area (Å²) in [6.45, 7) is 5.49. The fourth-order valence-corrected chi connectivity index (χ4v) is 3.54. The van der Waals surface area contributed by atoms with Gasteiger partial charge in [0.05, 0.1) is 26.7 Å². The standard InChI is InChI=1S/C20H30N2O5/c1-13(2)20(24)22-11-15(16(12-22)19(23)21-9-10-25-3)14-7-6-8-17(26-4)18(14)27-5/h6-8,13,15-16H,9-12H2,1-5H3,(H,21,23). The Morgan fingerprint density at radius 1 is 1.19 bits per heavy atom. The van der Waals surface area contributed by atoms with Gasteiger partial charge in [0, 0.05) is 44.1 Å². The second-order valence-corrected chi connectivity index (χ2v) is 6.98. The molecule has 0 radical (unpaired) electrons. The van der Waals surface area contributed by atoms with E-state index < -0.39 is 0 Å². The monoisotopic (exact) mass is 378 g/mol. The third-order valence-corrected chi connectivity index (χ3v) is 4.90. The van der Waals surface area contributed by atoms with Crippen LogP contribution in [0.3, 0.4) is 0 Å². The number of rotatable bonds is 8. The molecule has 1 fully saturated rings. The first kappa shape index (κ1) is 21.0. The van der Waals surface area contributed by atoms with Gasteiger partial charge in [-0.3, -0.25) is 9.59 Å². The summed E-state index contributed by atoms with van der Waals surface area (Å²) in [7, 11) is 4.76. The van der Waals surface area contributed by atoms with E-state index in [1.165, 1.54) is 0 Å². The number of carbonyl (C=O) groups is 2. The molecule has 1 saturated heterocycles. The normalized spacial score (nSPS) is 19.3. The van der Waals surface area contributed by atoms with Gasteiger partial charge >= 0.3 is 0 Å². The van der Waals surface area contributed by atoms with Crippen molar-refractivity contribution in [1.29, 1.82) is 0 Å². The maximum atomic E-state index is 12.8. The summed E-state index contributed by atoms with van der Waals surface area (Å²) in [6, 6.07) is 5.64. The first-order valence-electron chi connectivity index (χ1n) is 9.20. The molecule has 1 N–H and O–H groups in total. The quantitative estimate of drug-likeness (QED) is 0.696. The molecule has 0 saturated carbocycles. The van der Waals surface area contributed by atoms with Gasteiger partial charge in [-0.15, -0.1) is 0 Å². The third kappa shape index (κ3) is 4.71. The fourth-order valence-electron chi connectivity index (χ4n) is 3.54. The van der Waals surface area contributed by atoms with E-state index in [-0.39, 0.29) is 29.6 Å². The summed E-state index contributed by atoms with van der Waals surface area (Å²) >= 11 is 0. The fraction of sp³-hybridized carbons (Fsp3) is 0.600. The number of hydrogen-bond acceptors (Lipinski definition) is 5. The lowest BCUT2D eigenvalue weighted by atomic mass is 9.87. The second-order valence-electron chi connectivity index (χ2n) is 6.98. The summed E-state index contributed by atoms with van der Waals surface area (Å²) in [5, 5.41) is 2.91. The van der Waals surface area contributed by atoms with Crippen LogP contribution in [0.25, 0.3) is 0 Å². The van der Waals surface area contributed by atoms with E-state index in [1.54, 1.807) is 26.2 Å². The number of methoxy groups -OCH3 is 3. The molecule has 0 aromatic heterocycles. The number of ether oxygens (including phenoxy) is 3. The van der Waals surface area contributed by atoms with E-state index in [1.807, 2.05) is 32.0 Å². The molecular formula is C20H30N2O5. The third-order valence-electron chi connectivity index (χ3n) is 4.90. The van der Waals surface area contributed by atoms with Crippen LogP contribution in [0.5, 0.6) is 11.5 Å². The van der Waals surface area contributed by atoms with Crippen LogP contribution in [0.1, 0.15) is 25.3 Å². The van der Waals surface area contributed by atoms with Gasteiger partial charge in [0.25, 0.3) is 0 Å². The molecule has 2 amide bonds. The molecule has 7 nitrogen and oxygen atoms in total. The largest absolute Gasteiger partial charge is 0.493 e. The molecule has 1 aromatic carbocycles. The van der Waals surface area contributed by atoms with E-state index in [0.29, 0.717) is 37.7 Å². The van der Waals surface area contributed by atoms with Crippen molar-refractivity contribution in [3.05, 3.63) is 23.8 Å². The van der Waals surface area contributed by atoms with E-state index in [4.69, 9.17) is 14.2 Å². The van der Waals surface area contributed by atoms with Crippen molar-refractivity contribution in [2.75, 3.05) is 47.6 Å². The molecular weight excluding hydrogens is 348 g/mol. The zero-order valence-electron chi connectivity index (χ0n) is 16.8. The lowest BCUT2D eigenvalue weighted by Crippen LogP contribution is -2.37. The Morgan fingerprint density at radius 3 is 2.52 bits per heavy atom. The summed E-state index contributed by atoms with van der Waals surface area (Å²) in [5.74, 6) is 0.551. The molecule has 1 aromatic rings. The van der Waals surface area contributed by atoms with Crippen molar-refractivity contribution in [2.24, 2.45) is 11.8 Å². The van der Waals surface area contributed by atoms with E-state index >= 15 is 0 Å². The molecule has 2 atom stereocenters. The maximum Gasteiger partial charge on any atom is 0.225 e. The van der Waals surface area contributed by atoms with Crippen molar-refractivity contribution in [1.82, 2.24) is 10.2 Å². The van der Waals surface area contributed by atoms with E-state index in [0.717, 1.165) is 5.56 Å². The molecule has 0 spiro atoms. The number of nitrogens with one attached hydrogen (secondary N) is 1. The number of benzene rings is 1. The SMILES string of the molecule is COCCNC(=O)C1CN(C(=O)C(C)C)CC1c1cccc(OC)c1OC.